The van der Waals surface area contributed by atoms with Crippen LogP contribution in [-0.4, -0.2) is 50.6 Å². The van der Waals surface area contributed by atoms with Crippen LogP contribution in [0.25, 0.3) is 0 Å². The first-order valence-electron chi connectivity index (χ1n) is 10.2. The zero-order valence-electron chi connectivity index (χ0n) is 17.8. The molecule has 3 rings (SSSR count). The molecule has 0 radical (unpaired) electrons. The highest BCUT2D eigenvalue weighted by Gasteiger charge is 2.26. The second kappa shape index (κ2) is 11.0. The first kappa shape index (κ1) is 22.9. The number of hydrogen-bond donors (Lipinski definition) is 2. The van der Waals surface area contributed by atoms with Crippen molar-refractivity contribution in [2.24, 2.45) is 5.92 Å². The summed E-state index contributed by atoms with van der Waals surface area (Å²) in [6.45, 7) is 2.16. The summed E-state index contributed by atoms with van der Waals surface area (Å²) in [5.74, 6) is 1.11. The SMILES string of the molecule is COc1ccc(NC(=O)CN2CCC(C(=O)NCc3ccc(Cl)cc3)CC2)c(OC)c1. The normalized spacial score (nSPS) is 14.7. The topological polar surface area (TPSA) is 79.9 Å². The lowest BCUT2D eigenvalue weighted by atomic mass is 9.96. The van der Waals surface area contributed by atoms with Gasteiger partial charge < -0.3 is 20.1 Å². The molecule has 0 unspecified atom stereocenters. The second-order valence-electron chi connectivity index (χ2n) is 7.51. The number of anilines is 1. The molecular weight excluding hydrogens is 418 g/mol. The summed E-state index contributed by atoms with van der Waals surface area (Å²) in [6.07, 6.45) is 1.46. The van der Waals surface area contributed by atoms with Crippen LogP contribution in [0.15, 0.2) is 42.5 Å². The fourth-order valence-corrected chi connectivity index (χ4v) is 3.71. The highest BCUT2D eigenvalue weighted by molar-refractivity contribution is 6.30. The summed E-state index contributed by atoms with van der Waals surface area (Å²) in [5, 5.41) is 6.56. The molecule has 2 aromatic carbocycles. The molecule has 2 aromatic rings. The first-order chi connectivity index (χ1) is 15.0. The van der Waals surface area contributed by atoms with Gasteiger partial charge in [0.25, 0.3) is 0 Å². The molecule has 1 fully saturated rings. The van der Waals surface area contributed by atoms with Crippen molar-refractivity contribution in [2.75, 3.05) is 39.2 Å². The van der Waals surface area contributed by atoms with Gasteiger partial charge in [-0.3, -0.25) is 14.5 Å². The van der Waals surface area contributed by atoms with Crippen molar-refractivity contribution in [3.8, 4) is 11.5 Å². The Labute approximate surface area is 187 Å². The minimum Gasteiger partial charge on any atom is -0.497 e. The fraction of sp³-hybridized carbons (Fsp3) is 0.391. The summed E-state index contributed by atoms with van der Waals surface area (Å²) in [6, 6.07) is 12.7. The van der Waals surface area contributed by atoms with Gasteiger partial charge in [-0.15, -0.1) is 0 Å². The number of carbonyl (C=O) groups is 2. The van der Waals surface area contributed by atoms with Gasteiger partial charge in [-0.25, -0.2) is 0 Å². The predicted octanol–water partition coefficient (Wildman–Crippen LogP) is 3.32. The summed E-state index contributed by atoms with van der Waals surface area (Å²) >= 11 is 5.89. The van der Waals surface area contributed by atoms with E-state index in [4.69, 9.17) is 21.1 Å². The number of rotatable bonds is 8. The molecule has 1 aliphatic rings. The third-order valence-corrected chi connectivity index (χ3v) is 5.64. The van der Waals surface area contributed by atoms with E-state index < -0.39 is 0 Å². The molecule has 166 valence electrons. The van der Waals surface area contributed by atoms with E-state index >= 15 is 0 Å². The van der Waals surface area contributed by atoms with Crippen molar-refractivity contribution in [1.82, 2.24) is 10.2 Å². The van der Waals surface area contributed by atoms with Crippen LogP contribution in [0.4, 0.5) is 5.69 Å². The van der Waals surface area contributed by atoms with Crippen LogP contribution in [0.5, 0.6) is 11.5 Å². The van der Waals surface area contributed by atoms with E-state index in [1.165, 1.54) is 0 Å². The maximum absolute atomic E-state index is 12.5. The molecule has 1 heterocycles. The number of ether oxygens (including phenoxy) is 2. The van der Waals surface area contributed by atoms with Gasteiger partial charge in [-0.2, -0.15) is 0 Å². The highest BCUT2D eigenvalue weighted by Crippen LogP contribution is 2.29. The Bertz CT molecular complexity index is 896. The van der Waals surface area contributed by atoms with E-state index in [0.29, 0.717) is 41.8 Å². The largest absolute Gasteiger partial charge is 0.497 e. The lowest BCUT2D eigenvalue weighted by Crippen LogP contribution is -2.43. The van der Waals surface area contributed by atoms with Crippen molar-refractivity contribution >= 4 is 29.1 Å². The van der Waals surface area contributed by atoms with Crippen LogP contribution in [-0.2, 0) is 16.1 Å². The zero-order chi connectivity index (χ0) is 22.2. The van der Waals surface area contributed by atoms with Crippen LogP contribution < -0.4 is 20.1 Å². The number of hydrogen-bond acceptors (Lipinski definition) is 5. The zero-order valence-corrected chi connectivity index (χ0v) is 18.6. The quantitative estimate of drug-likeness (QED) is 0.651. The summed E-state index contributed by atoms with van der Waals surface area (Å²) in [7, 11) is 3.13. The van der Waals surface area contributed by atoms with Crippen molar-refractivity contribution < 1.29 is 19.1 Å². The lowest BCUT2D eigenvalue weighted by molar-refractivity contribution is -0.126. The second-order valence-corrected chi connectivity index (χ2v) is 7.95. The Morgan fingerprint density at radius 2 is 1.77 bits per heavy atom. The van der Waals surface area contributed by atoms with Gasteiger partial charge in [0.2, 0.25) is 11.8 Å². The van der Waals surface area contributed by atoms with E-state index in [2.05, 4.69) is 15.5 Å². The van der Waals surface area contributed by atoms with Gasteiger partial charge in [-0.1, -0.05) is 23.7 Å². The molecule has 0 aromatic heterocycles. The summed E-state index contributed by atoms with van der Waals surface area (Å²) in [4.78, 5) is 27.0. The third kappa shape index (κ3) is 6.60. The van der Waals surface area contributed by atoms with Crippen molar-refractivity contribution in [3.05, 3.63) is 53.1 Å². The molecule has 2 amide bonds. The molecule has 0 spiro atoms. The smallest absolute Gasteiger partial charge is 0.238 e. The van der Waals surface area contributed by atoms with E-state index in [0.717, 1.165) is 18.4 Å². The average Bonchev–Trinajstić information content (AvgIpc) is 2.79. The van der Waals surface area contributed by atoms with Crippen molar-refractivity contribution in [3.63, 3.8) is 0 Å². The van der Waals surface area contributed by atoms with Gasteiger partial charge in [0.1, 0.15) is 11.5 Å². The number of halogens is 1. The number of benzene rings is 2. The Kier molecular flexibility index (Phi) is 8.14. The van der Waals surface area contributed by atoms with Gasteiger partial charge in [0, 0.05) is 23.6 Å². The van der Waals surface area contributed by atoms with Gasteiger partial charge >= 0.3 is 0 Å². The number of piperidine rings is 1. The molecule has 0 atom stereocenters. The number of likely N-dealkylation sites (tertiary alicyclic amines) is 1. The maximum atomic E-state index is 12.5. The Morgan fingerprint density at radius 1 is 1.06 bits per heavy atom. The summed E-state index contributed by atoms with van der Waals surface area (Å²) in [5.41, 5.74) is 1.62. The number of nitrogens with one attached hydrogen (secondary N) is 2. The molecule has 1 saturated heterocycles. The molecule has 1 aliphatic heterocycles. The Hall–Kier alpha value is -2.77. The van der Waals surface area contributed by atoms with E-state index in [1.807, 2.05) is 24.3 Å². The lowest BCUT2D eigenvalue weighted by Gasteiger charge is -2.30. The average molecular weight is 446 g/mol. The number of amides is 2. The van der Waals surface area contributed by atoms with Gasteiger partial charge in [0.05, 0.1) is 26.5 Å². The summed E-state index contributed by atoms with van der Waals surface area (Å²) < 4.78 is 10.5. The van der Waals surface area contributed by atoms with Crippen LogP contribution in [0.2, 0.25) is 5.02 Å². The molecule has 0 aliphatic carbocycles. The fourth-order valence-electron chi connectivity index (χ4n) is 3.58. The highest BCUT2D eigenvalue weighted by atomic mass is 35.5. The third-order valence-electron chi connectivity index (χ3n) is 5.39. The molecule has 31 heavy (non-hydrogen) atoms. The molecule has 0 bridgehead atoms. The number of carbonyl (C=O) groups excluding carboxylic acids is 2. The van der Waals surface area contributed by atoms with Crippen LogP contribution in [0.1, 0.15) is 18.4 Å². The van der Waals surface area contributed by atoms with E-state index in [1.54, 1.807) is 32.4 Å². The minimum absolute atomic E-state index is 0.0340. The van der Waals surface area contributed by atoms with Crippen molar-refractivity contribution in [2.45, 2.75) is 19.4 Å². The molecule has 0 saturated carbocycles. The number of methoxy groups -OCH3 is 2. The predicted molar refractivity (Wildman–Crippen MR) is 121 cm³/mol. The number of nitrogens with zero attached hydrogens (tertiary/aromatic N) is 1. The molecule has 2 N–H and O–H groups in total. The Balaban J connectivity index is 1.42. The molecule has 8 heteroatoms. The van der Waals surface area contributed by atoms with E-state index in [-0.39, 0.29) is 24.3 Å². The molecule has 7 nitrogen and oxygen atoms in total. The first-order valence-corrected chi connectivity index (χ1v) is 10.6. The minimum atomic E-state index is -0.117. The van der Waals surface area contributed by atoms with Crippen LogP contribution in [0, 0.1) is 5.92 Å². The maximum Gasteiger partial charge on any atom is 0.238 e. The Morgan fingerprint density at radius 3 is 2.42 bits per heavy atom. The van der Waals surface area contributed by atoms with Crippen LogP contribution >= 0.6 is 11.6 Å². The van der Waals surface area contributed by atoms with Gasteiger partial charge in [0.15, 0.2) is 0 Å². The standard InChI is InChI=1S/C23H28ClN3O4/c1-30-19-7-8-20(21(13-19)31-2)26-22(28)15-27-11-9-17(10-12-27)23(29)25-14-16-3-5-18(24)6-4-16/h3-8,13,17H,9-12,14-15H2,1-2H3,(H,25,29)(H,26,28). The van der Waals surface area contributed by atoms with E-state index in [9.17, 15) is 9.59 Å². The monoisotopic (exact) mass is 445 g/mol. The van der Waals surface area contributed by atoms with Crippen LogP contribution in [0.3, 0.4) is 0 Å². The molecular formula is C23H28ClN3O4. The van der Waals surface area contributed by atoms with Gasteiger partial charge in [-0.05, 0) is 55.8 Å². The van der Waals surface area contributed by atoms with Crippen molar-refractivity contribution in [1.29, 1.82) is 0 Å².